The highest BCUT2D eigenvalue weighted by molar-refractivity contribution is 6.06. The largest absolute Gasteiger partial charge is 0.371 e. The first-order valence-electron chi connectivity index (χ1n) is 13.3. The van der Waals surface area contributed by atoms with Crippen molar-refractivity contribution in [1.29, 1.82) is 0 Å². The third-order valence-electron chi connectivity index (χ3n) is 7.58. The Morgan fingerprint density at radius 3 is 2.14 bits per heavy atom. The van der Waals surface area contributed by atoms with E-state index < -0.39 is 0 Å². The molecule has 0 spiro atoms. The molecule has 1 aliphatic heterocycles. The van der Waals surface area contributed by atoms with Gasteiger partial charge in [0.1, 0.15) is 0 Å². The lowest BCUT2D eigenvalue weighted by molar-refractivity contribution is 0.0927. The molecule has 2 aromatic rings. The van der Waals surface area contributed by atoms with Crippen molar-refractivity contribution in [2.45, 2.75) is 84.1 Å². The number of nitrogens with one attached hydrogen (secondary N) is 2. The van der Waals surface area contributed by atoms with Gasteiger partial charge in [-0.2, -0.15) is 0 Å². The van der Waals surface area contributed by atoms with Gasteiger partial charge in [-0.3, -0.25) is 9.59 Å². The minimum absolute atomic E-state index is 0.0313. The highest BCUT2D eigenvalue weighted by Gasteiger charge is 2.24. The Bertz CT molecular complexity index is 1020. The third-order valence-corrected chi connectivity index (χ3v) is 7.58. The number of amides is 2. The molecule has 2 N–H and O–H groups in total. The van der Waals surface area contributed by atoms with E-state index in [0.717, 1.165) is 44.5 Å². The number of carbonyl (C=O) groups excluding carboxylic acids is 2. The highest BCUT2D eigenvalue weighted by Crippen LogP contribution is 2.30. The third kappa shape index (κ3) is 6.45. The lowest BCUT2D eigenvalue weighted by atomic mass is 9.87. The molecule has 0 radical (unpaired) electrons. The molecule has 2 aliphatic rings. The van der Waals surface area contributed by atoms with Crippen LogP contribution in [0.3, 0.4) is 0 Å². The number of rotatable bonds is 5. The Hall–Kier alpha value is -2.82. The molecular formula is C30H41N3O2. The summed E-state index contributed by atoms with van der Waals surface area (Å²) in [5, 5.41) is 6.29. The predicted molar refractivity (Wildman–Crippen MR) is 144 cm³/mol. The van der Waals surface area contributed by atoms with E-state index in [-0.39, 0.29) is 23.3 Å². The Morgan fingerprint density at radius 1 is 0.857 bits per heavy atom. The summed E-state index contributed by atoms with van der Waals surface area (Å²) in [6.45, 7) is 10.7. The normalized spacial score (nSPS) is 17.8. The molecule has 188 valence electrons. The number of hydrogen-bond donors (Lipinski definition) is 2. The van der Waals surface area contributed by atoms with E-state index in [1.165, 1.54) is 24.8 Å². The second-order valence-corrected chi connectivity index (χ2v) is 11.5. The van der Waals surface area contributed by atoms with Gasteiger partial charge in [-0.05, 0) is 72.9 Å². The fraction of sp³-hybridized carbons (Fsp3) is 0.533. The molecule has 0 unspecified atom stereocenters. The number of nitrogens with zero attached hydrogens (tertiary/aromatic N) is 1. The summed E-state index contributed by atoms with van der Waals surface area (Å²) in [4.78, 5) is 28.7. The molecule has 1 aliphatic carbocycles. The molecule has 1 heterocycles. The number of piperidine rings is 1. The van der Waals surface area contributed by atoms with Gasteiger partial charge < -0.3 is 15.5 Å². The average Bonchev–Trinajstić information content (AvgIpc) is 2.85. The molecular weight excluding hydrogens is 434 g/mol. The van der Waals surface area contributed by atoms with E-state index in [1.807, 2.05) is 42.5 Å². The molecule has 5 nitrogen and oxygen atoms in total. The summed E-state index contributed by atoms with van der Waals surface area (Å²) in [6.07, 6.45) is 7.95. The molecule has 1 saturated carbocycles. The van der Waals surface area contributed by atoms with Crippen LogP contribution in [-0.2, 0) is 5.41 Å². The van der Waals surface area contributed by atoms with Crippen LogP contribution in [0.2, 0.25) is 0 Å². The monoisotopic (exact) mass is 475 g/mol. The van der Waals surface area contributed by atoms with Crippen LogP contribution < -0.4 is 15.5 Å². The van der Waals surface area contributed by atoms with Gasteiger partial charge >= 0.3 is 0 Å². The van der Waals surface area contributed by atoms with Gasteiger partial charge in [0.25, 0.3) is 11.8 Å². The van der Waals surface area contributed by atoms with Crippen LogP contribution in [0.4, 0.5) is 11.4 Å². The van der Waals surface area contributed by atoms with E-state index in [0.29, 0.717) is 22.7 Å². The van der Waals surface area contributed by atoms with Gasteiger partial charge in [-0.25, -0.2) is 0 Å². The van der Waals surface area contributed by atoms with Gasteiger partial charge in [0.15, 0.2) is 0 Å². The Kier molecular flexibility index (Phi) is 7.83. The van der Waals surface area contributed by atoms with Crippen molar-refractivity contribution in [1.82, 2.24) is 5.32 Å². The van der Waals surface area contributed by atoms with Crippen LogP contribution in [0, 0.1) is 5.92 Å². The van der Waals surface area contributed by atoms with Crippen molar-refractivity contribution in [3.8, 4) is 0 Å². The summed E-state index contributed by atoms with van der Waals surface area (Å²) < 4.78 is 0. The SMILES string of the molecule is CC1CCN(c2ccc(NC(=O)c3ccc(C(C)(C)C)cc3)cc2C(=O)NC2CCCCC2)CC1. The molecule has 2 amide bonds. The van der Waals surface area contributed by atoms with Crippen molar-refractivity contribution in [3.05, 3.63) is 59.2 Å². The van der Waals surface area contributed by atoms with Gasteiger partial charge in [0, 0.05) is 36.1 Å². The van der Waals surface area contributed by atoms with Crippen LogP contribution in [0.1, 0.15) is 98.9 Å². The Balaban J connectivity index is 1.55. The van der Waals surface area contributed by atoms with Crippen molar-refractivity contribution < 1.29 is 9.59 Å². The predicted octanol–water partition coefficient (Wildman–Crippen LogP) is 6.54. The van der Waals surface area contributed by atoms with Crippen molar-refractivity contribution in [2.24, 2.45) is 5.92 Å². The van der Waals surface area contributed by atoms with E-state index >= 15 is 0 Å². The number of benzene rings is 2. The first-order valence-corrected chi connectivity index (χ1v) is 13.3. The average molecular weight is 476 g/mol. The van der Waals surface area contributed by atoms with E-state index in [1.54, 1.807) is 0 Å². The topological polar surface area (TPSA) is 61.4 Å². The maximum absolute atomic E-state index is 13.4. The maximum atomic E-state index is 13.4. The first kappa shape index (κ1) is 25.3. The van der Waals surface area contributed by atoms with Gasteiger partial charge in [0.2, 0.25) is 0 Å². The van der Waals surface area contributed by atoms with Crippen molar-refractivity contribution in [2.75, 3.05) is 23.3 Å². The van der Waals surface area contributed by atoms with Crippen LogP contribution in [0.25, 0.3) is 0 Å². The van der Waals surface area contributed by atoms with Crippen LogP contribution in [-0.4, -0.2) is 30.9 Å². The molecule has 0 bridgehead atoms. The summed E-state index contributed by atoms with van der Waals surface area (Å²) >= 11 is 0. The smallest absolute Gasteiger partial charge is 0.255 e. The van der Waals surface area contributed by atoms with Crippen molar-refractivity contribution >= 4 is 23.2 Å². The molecule has 2 fully saturated rings. The van der Waals surface area contributed by atoms with Gasteiger partial charge in [0.05, 0.1) is 5.56 Å². The maximum Gasteiger partial charge on any atom is 0.255 e. The lowest BCUT2D eigenvalue weighted by Gasteiger charge is -2.34. The zero-order chi connectivity index (χ0) is 25.0. The Labute approximate surface area is 210 Å². The summed E-state index contributed by atoms with van der Waals surface area (Å²) in [7, 11) is 0. The molecule has 4 rings (SSSR count). The molecule has 2 aromatic carbocycles. The van der Waals surface area contributed by atoms with Gasteiger partial charge in [-0.1, -0.05) is 59.1 Å². The van der Waals surface area contributed by atoms with Gasteiger partial charge in [-0.15, -0.1) is 0 Å². The van der Waals surface area contributed by atoms with Crippen molar-refractivity contribution in [3.63, 3.8) is 0 Å². The first-order chi connectivity index (χ1) is 16.7. The molecule has 5 heteroatoms. The summed E-state index contributed by atoms with van der Waals surface area (Å²) in [6, 6.07) is 13.8. The zero-order valence-electron chi connectivity index (χ0n) is 21.8. The van der Waals surface area contributed by atoms with Crippen LogP contribution in [0.5, 0.6) is 0 Å². The quantitative estimate of drug-likeness (QED) is 0.516. The minimum Gasteiger partial charge on any atom is -0.371 e. The Morgan fingerprint density at radius 2 is 1.51 bits per heavy atom. The van der Waals surface area contributed by atoms with Crippen LogP contribution in [0.15, 0.2) is 42.5 Å². The molecule has 1 saturated heterocycles. The summed E-state index contributed by atoms with van der Waals surface area (Å²) in [5.41, 5.74) is 4.12. The van der Waals surface area contributed by atoms with E-state index in [2.05, 4.69) is 43.2 Å². The zero-order valence-corrected chi connectivity index (χ0v) is 21.8. The number of hydrogen-bond acceptors (Lipinski definition) is 3. The van der Waals surface area contributed by atoms with Crippen LogP contribution >= 0.6 is 0 Å². The fourth-order valence-electron chi connectivity index (χ4n) is 5.16. The summed E-state index contributed by atoms with van der Waals surface area (Å²) in [5.74, 6) is 0.522. The fourth-order valence-corrected chi connectivity index (χ4v) is 5.16. The van der Waals surface area contributed by atoms with E-state index in [9.17, 15) is 9.59 Å². The van der Waals surface area contributed by atoms with E-state index in [4.69, 9.17) is 0 Å². The highest BCUT2D eigenvalue weighted by atomic mass is 16.2. The molecule has 35 heavy (non-hydrogen) atoms. The lowest BCUT2D eigenvalue weighted by Crippen LogP contribution is -2.38. The standard InChI is InChI=1S/C30H41N3O2/c1-21-16-18-33(19-17-21)27-15-14-25(20-26(27)29(35)31-24-8-6-5-7-9-24)32-28(34)22-10-12-23(13-11-22)30(2,3)4/h10-15,20-21,24H,5-9,16-19H2,1-4H3,(H,31,35)(H,32,34). The number of anilines is 2. The molecule has 0 atom stereocenters. The second-order valence-electron chi connectivity index (χ2n) is 11.5. The minimum atomic E-state index is -0.163. The number of carbonyl (C=O) groups is 2. The second kappa shape index (κ2) is 10.8. The molecule has 0 aromatic heterocycles.